The van der Waals surface area contributed by atoms with E-state index in [0.717, 1.165) is 60.2 Å². The number of rotatable bonds is 5. The predicted octanol–water partition coefficient (Wildman–Crippen LogP) is 3.32. The van der Waals surface area contributed by atoms with Gasteiger partial charge in [0.1, 0.15) is 11.6 Å². The maximum atomic E-state index is 5.37. The molecule has 8 nitrogen and oxygen atoms in total. The van der Waals surface area contributed by atoms with Gasteiger partial charge in [0.2, 0.25) is 5.95 Å². The number of benzene rings is 2. The van der Waals surface area contributed by atoms with Crippen LogP contribution in [0.1, 0.15) is 0 Å². The second-order valence-corrected chi connectivity index (χ2v) is 7.65. The number of likely N-dealkylation sites (N-methyl/N-ethyl adjacent to an activating group) is 1. The van der Waals surface area contributed by atoms with E-state index in [9.17, 15) is 0 Å². The first-order chi connectivity index (χ1) is 15.2. The minimum Gasteiger partial charge on any atom is -0.497 e. The second kappa shape index (κ2) is 8.23. The predicted molar refractivity (Wildman–Crippen MR) is 123 cm³/mol. The Balaban J connectivity index is 1.61. The zero-order chi connectivity index (χ0) is 21.2. The molecule has 1 saturated heterocycles. The van der Waals surface area contributed by atoms with Crippen LogP contribution in [0.4, 0.5) is 17.5 Å². The SMILES string of the molecule is COc1cccc(Nc2nc(N3CCN(C)CC3)nc3c2cnn3-c2ccccc2)c1. The van der Waals surface area contributed by atoms with Gasteiger partial charge in [0.25, 0.3) is 0 Å². The lowest BCUT2D eigenvalue weighted by molar-refractivity contribution is 0.311. The fraction of sp³-hybridized carbons (Fsp3) is 0.261. The summed E-state index contributed by atoms with van der Waals surface area (Å²) in [7, 11) is 3.80. The van der Waals surface area contributed by atoms with E-state index in [1.54, 1.807) is 7.11 Å². The third-order valence-corrected chi connectivity index (χ3v) is 5.54. The molecule has 0 unspecified atom stereocenters. The van der Waals surface area contributed by atoms with E-state index in [1.807, 2.05) is 65.5 Å². The van der Waals surface area contributed by atoms with E-state index in [1.165, 1.54) is 0 Å². The fourth-order valence-corrected chi connectivity index (χ4v) is 3.74. The Hall–Kier alpha value is -3.65. The lowest BCUT2D eigenvalue weighted by atomic mass is 10.3. The Morgan fingerprint density at radius 2 is 1.74 bits per heavy atom. The van der Waals surface area contributed by atoms with Gasteiger partial charge in [-0.25, -0.2) is 4.68 Å². The zero-order valence-corrected chi connectivity index (χ0v) is 17.7. The number of fused-ring (bicyclic) bond motifs is 1. The van der Waals surface area contributed by atoms with Crippen LogP contribution in [0.15, 0.2) is 60.8 Å². The van der Waals surface area contributed by atoms with Crippen LogP contribution in [-0.2, 0) is 0 Å². The molecule has 1 N–H and O–H groups in total. The summed E-state index contributed by atoms with van der Waals surface area (Å²) in [6, 6.07) is 17.9. The first-order valence-corrected chi connectivity index (χ1v) is 10.4. The highest BCUT2D eigenvalue weighted by molar-refractivity contribution is 5.90. The Bertz CT molecular complexity index is 1180. The van der Waals surface area contributed by atoms with Crippen LogP contribution in [0.25, 0.3) is 16.7 Å². The Kier molecular flexibility index (Phi) is 5.13. The molecule has 1 fully saturated rings. The van der Waals surface area contributed by atoms with Crippen molar-refractivity contribution in [2.75, 3.05) is 50.6 Å². The number of hydrogen-bond acceptors (Lipinski definition) is 7. The van der Waals surface area contributed by atoms with Gasteiger partial charge in [-0.3, -0.25) is 0 Å². The summed E-state index contributed by atoms with van der Waals surface area (Å²) in [5.41, 5.74) is 2.64. The average Bonchev–Trinajstić information content (AvgIpc) is 3.25. The van der Waals surface area contributed by atoms with Crippen molar-refractivity contribution >= 4 is 28.5 Å². The standard InChI is InChI=1S/C23H25N7O/c1-28-11-13-29(14-12-28)23-26-21(25-17-7-6-10-19(15-17)31-2)20-16-24-30(22(20)27-23)18-8-4-3-5-9-18/h3-10,15-16H,11-14H2,1-2H3,(H,25,26,27). The van der Waals surface area contributed by atoms with Crippen molar-refractivity contribution < 1.29 is 4.74 Å². The van der Waals surface area contributed by atoms with Crippen LogP contribution in [0.3, 0.4) is 0 Å². The number of para-hydroxylation sites is 1. The maximum Gasteiger partial charge on any atom is 0.229 e. The molecule has 0 spiro atoms. The molecule has 1 aliphatic heterocycles. The van der Waals surface area contributed by atoms with E-state index >= 15 is 0 Å². The molecule has 8 heteroatoms. The van der Waals surface area contributed by atoms with E-state index < -0.39 is 0 Å². The molecule has 0 radical (unpaired) electrons. The smallest absolute Gasteiger partial charge is 0.229 e. The van der Waals surface area contributed by atoms with Crippen LogP contribution in [0, 0.1) is 0 Å². The highest BCUT2D eigenvalue weighted by atomic mass is 16.5. The molecule has 5 rings (SSSR count). The van der Waals surface area contributed by atoms with Gasteiger partial charge in [0, 0.05) is 37.9 Å². The van der Waals surface area contributed by atoms with Crippen molar-refractivity contribution in [1.82, 2.24) is 24.6 Å². The summed E-state index contributed by atoms with van der Waals surface area (Å²) in [6.07, 6.45) is 1.82. The molecular weight excluding hydrogens is 390 g/mol. The molecule has 0 amide bonds. The van der Waals surface area contributed by atoms with Crippen LogP contribution in [0.2, 0.25) is 0 Å². The summed E-state index contributed by atoms with van der Waals surface area (Å²) in [5.74, 6) is 2.23. The fourth-order valence-electron chi connectivity index (χ4n) is 3.74. The quantitative estimate of drug-likeness (QED) is 0.536. The first-order valence-electron chi connectivity index (χ1n) is 10.4. The van der Waals surface area contributed by atoms with Gasteiger partial charge >= 0.3 is 0 Å². The van der Waals surface area contributed by atoms with Crippen molar-refractivity contribution in [3.05, 3.63) is 60.8 Å². The van der Waals surface area contributed by atoms with Crippen molar-refractivity contribution in [1.29, 1.82) is 0 Å². The van der Waals surface area contributed by atoms with Gasteiger partial charge in [-0.2, -0.15) is 15.1 Å². The van der Waals surface area contributed by atoms with Crippen molar-refractivity contribution in [3.8, 4) is 11.4 Å². The highest BCUT2D eigenvalue weighted by Crippen LogP contribution is 2.29. The molecule has 31 heavy (non-hydrogen) atoms. The minimum atomic E-state index is 0.712. The molecule has 0 atom stereocenters. The molecular formula is C23H25N7O. The van der Waals surface area contributed by atoms with Gasteiger partial charge in [-0.15, -0.1) is 0 Å². The topological polar surface area (TPSA) is 71.3 Å². The van der Waals surface area contributed by atoms with Crippen molar-refractivity contribution in [2.24, 2.45) is 0 Å². The average molecular weight is 416 g/mol. The Labute approximate surface area is 181 Å². The van der Waals surface area contributed by atoms with Crippen LogP contribution in [0.5, 0.6) is 5.75 Å². The molecule has 3 heterocycles. The largest absolute Gasteiger partial charge is 0.497 e. The maximum absolute atomic E-state index is 5.37. The summed E-state index contributed by atoms with van der Waals surface area (Å²) in [6.45, 7) is 3.75. The number of aromatic nitrogens is 4. The summed E-state index contributed by atoms with van der Waals surface area (Å²) in [5, 5.41) is 8.94. The van der Waals surface area contributed by atoms with Crippen molar-refractivity contribution in [2.45, 2.75) is 0 Å². The third kappa shape index (κ3) is 3.89. The summed E-state index contributed by atoms with van der Waals surface area (Å²) >= 11 is 0. The molecule has 0 bridgehead atoms. The molecule has 2 aromatic carbocycles. The summed E-state index contributed by atoms with van der Waals surface area (Å²) < 4.78 is 7.24. The molecule has 158 valence electrons. The molecule has 0 aliphatic carbocycles. The Morgan fingerprint density at radius 3 is 2.52 bits per heavy atom. The second-order valence-electron chi connectivity index (χ2n) is 7.65. The first kappa shape index (κ1) is 19.3. The van der Waals surface area contributed by atoms with Gasteiger partial charge in [-0.1, -0.05) is 24.3 Å². The van der Waals surface area contributed by atoms with Crippen LogP contribution in [-0.4, -0.2) is 65.0 Å². The normalized spacial score (nSPS) is 14.7. The lowest BCUT2D eigenvalue weighted by Crippen LogP contribution is -2.45. The number of ether oxygens (including phenoxy) is 1. The van der Waals surface area contributed by atoms with Gasteiger partial charge in [0.15, 0.2) is 5.65 Å². The lowest BCUT2D eigenvalue weighted by Gasteiger charge is -2.32. The number of nitrogens with zero attached hydrogens (tertiary/aromatic N) is 6. The van der Waals surface area contributed by atoms with E-state index in [0.29, 0.717) is 5.95 Å². The number of anilines is 3. The molecule has 4 aromatic rings. The third-order valence-electron chi connectivity index (χ3n) is 5.54. The van der Waals surface area contributed by atoms with E-state index in [2.05, 4.69) is 27.3 Å². The van der Waals surface area contributed by atoms with Gasteiger partial charge < -0.3 is 19.9 Å². The van der Waals surface area contributed by atoms with E-state index in [-0.39, 0.29) is 0 Å². The molecule has 0 saturated carbocycles. The van der Waals surface area contributed by atoms with Gasteiger partial charge in [-0.05, 0) is 31.3 Å². The Morgan fingerprint density at radius 1 is 0.935 bits per heavy atom. The van der Waals surface area contributed by atoms with Crippen LogP contribution < -0.4 is 15.0 Å². The number of nitrogens with one attached hydrogen (secondary N) is 1. The van der Waals surface area contributed by atoms with Crippen LogP contribution >= 0.6 is 0 Å². The van der Waals surface area contributed by atoms with Gasteiger partial charge in [0.05, 0.1) is 24.4 Å². The minimum absolute atomic E-state index is 0.712. The number of piperazine rings is 1. The van der Waals surface area contributed by atoms with Crippen molar-refractivity contribution in [3.63, 3.8) is 0 Å². The monoisotopic (exact) mass is 415 g/mol. The zero-order valence-electron chi connectivity index (χ0n) is 17.7. The number of hydrogen-bond donors (Lipinski definition) is 1. The summed E-state index contributed by atoms with van der Waals surface area (Å²) in [4.78, 5) is 14.4. The number of methoxy groups -OCH3 is 1. The molecule has 2 aromatic heterocycles. The van der Waals surface area contributed by atoms with E-state index in [4.69, 9.17) is 14.7 Å². The highest BCUT2D eigenvalue weighted by Gasteiger charge is 2.21. The molecule has 1 aliphatic rings.